The third-order valence-corrected chi connectivity index (χ3v) is 4.81. The molecule has 1 aliphatic heterocycles. The van der Waals surface area contributed by atoms with E-state index in [0.717, 1.165) is 11.3 Å². The van der Waals surface area contributed by atoms with E-state index in [-0.39, 0.29) is 11.9 Å². The summed E-state index contributed by atoms with van der Waals surface area (Å²) >= 11 is 6.30. The van der Waals surface area contributed by atoms with Crippen LogP contribution in [0.1, 0.15) is 27.9 Å². The molecule has 5 nitrogen and oxygen atoms in total. The smallest absolute Gasteiger partial charge is 0.289 e. The maximum atomic E-state index is 12.9. The van der Waals surface area contributed by atoms with Crippen LogP contribution in [-0.4, -0.2) is 35.4 Å². The Bertz CT molecular complexity index is 937. The molecule has 3 aromatic rings. The molecule has 0 saturated carbocycles. The summed E-state index contributed by atoms with van der Waals surface area (Å²) < 4.78 is 5.70. The number of amides is 1. The lowest BCUT2D eigenvalue weighted by Gasteiger charge is -2.33. The molecule has 1 atom stereocenters. The molecule has 4 rings (SSSR count). The Hall–Kier alpha value is -2.37. The molecule has 1 saturated heterocycles. The molecule has 25 heavy (non-hydrogen) atoms. The number of aryl methyl sites for hydroxylation is 1. The van der Waals surface area contributed by atoms with Crippen LogP contribution in [0, 0.1) is 6.92 Å². The number of pyridine rings is 1. The molecule has 1 aromatic carbocycles. The number of carbonyl (C=O) groups excluding carboxylic acids is 1. The van der Waals surface area contributed by atoms with E-state index < -0.39 is 0 Å². The zero-order chi connectivity index (χ0) is 17.4. The molecule has 2 aromatic heterocycles. The van der Waals surface area contributed by atoms with Crippen LogP contribution in [0.2, 0.25) is 5.02 Å². The number of furan rings is 1. The van der Waals surface area contributed by atoms with Crippen molar-refractivity contribution in [3.05, 3.63) is 64.5 Å². The molecular weight excluding hydrogens is 338 g/mol. The highest BCUT2D eigenvalue weighted by atomic mass is 35.5. The third-order valence-electron chi connectivity index (χ3n) is 4.47. The number of halogens is 1. The highest BCUT2D eigenvalue weighted by Gasteiger charge is 2.28. The summed E-state index contributed by atoms with van der Waals surface area (Å²) in [6.45, 7) is 3.80. The van der Waals surface area contributed by atoms with Crippen molar-refractivity contribution in [1.82, 2.24) is 15.2 Å². The van der Waals surface area contributed by atoms with E-state index in [1.54, 1.807) is 11.0 Å². The van der Waals surface area contributed by atoms with Gasteiger partial charge in [0.15, 0.2) is 11.3 Å². The summed E-state index contributed by atoms with van der Waals surface area (Å²) in [5.41, 5.74) is 3.24. The first-order valence-corrected chi connectivity index (χ1v) is 8.64. The summed E-state index contributed by atoms with van der Waals surface area (Å²) in [6, 6.07) is 13.2. The summed E-state index contributed by atoms with van der Waals surface area (Å²) in [7, 11) is 0. The van der Waals surface area contributed by atoms with Crippen molar-refractivity contribution in [2.24, 2.45) is 0 Å². The summed E-state index contributed by atoms with van der Waals surface area (Å²) in [6.07, 6.45) is 0. The van der Waals surface area contributed by atoms with Gasteiger partial charge in [-0.3, -0.25) is 4.79 Å². The molecule has 1 amide bonds. The van der Waals surface area contributed by atoms with Gasteiger partial charge in [-0.1, -0.05) is 29.8 Å². The van der Waals surface area contributed by atoms with Crippen LogP contribution < -0.4 is 5.32 Å². The number of nitrogens with zero attached hydrogens (tertiary/aromatic N) is 2. The zero-order valence-electron chi connectivity index (χ0n) is 13.8. The number of fused-ring (bicyclic) bond motifs is 1. The summed E-state index contributed by atoms with van der Waals surface area (Å²) in [5.74, 6) is 0.210. The van der Waals surface area contributed by atoms with Crippen LogP contribution in [0.4, 0.5) is 0 Å². The van der Waals surface area contributed by atoms with Gasteiger partial charge >= 0.3 is 0 Å². The minimum atomic E-state index is -0.116. The molecule has 1 aliphatic rings. The second-order valence-electron chi connectivity index (χ2n) is 6.23. The summed E-state index contributed by atoms with van der Waals surface area (Å²) in [5, 5.41) is 4.13. The minimum absolute atomic E-state index is 0.0103. The van der Waals surface area contributed by atoms with Gasteiger partial charge in [0.2, 0.25) is 0 Å². The van der Waals surface area contributed by atoms with Crippen molar-refractivity contribution in [1.29, 1.82) is 0 Å². The molecule has 0 bridgehead atoms. The first-order valence-electron chi connectivity index (χ1n) is 8.26. The van der Waals surface area contributed by atoms with Crippen LogP contribution in [0.15, 0.2) is 46.9 Å². The standard InChI is InChI=1S/C19H18ClN3O2/c1-12-6-7-17-15(22-12)10-18(25-17)19(24)23-9-8-21-16(11-23)13-4-2-3-5-14(13)20/h2-7,10,16,21H,8-9,11H2,1H3. The number of piperazine rings is 1. The van der Waals surface area contributed by atoms with Crippen molar-refractivity contribution >= 4 is 28.6 Å². The fourth-order valence-electron chi connectivity index (χ4n) is 3.19. The first-order chi connectivity index (χ1) is 12.1. The van der Waals surface area contributed by atoms with Gasteiger partial charge in [-0.15, -0.1) is 0 Å². The molecule has 128 valence electrons. The van der Waals surface area contributed by atoms with Crippen LogP contribution >= 0.6 is 11.6 Å². The Morgan fingerprint density at radius 2 is 2.16 bits per heavy atom. The van der Waals surface area contributed by atoms with Crippen molar-refractivity contribution in [3.63, 3.8) is 0 Å². The Labute approximate surface area is 150 Å². The van der Waals surface area contributed by atoms with E-state index in [1.165, 1.54) is 0 Å². The van der Waals surface area contributed by atoms with Crippen LogP contribution in [0.5, 0.6) is 0 Å². The predicted molar refractivity (Wildman–Crippen MR) is 96.8 cm³/mol. The van der Waals surface area contributed by atoms with Gasteiger partial charge in [-0.2, -0.15) is 0 Å². The van der Waals surface area contributed by atoms with Crippen molar-refractivity contribution in [2.45, 2.75) is 13.0 Å². The zero-order valence-corrected chi connectivity index (χ0v) is 14.6. The average molecular weight is 356 g/mol. The Morgan fingerprint density at radius 1 is 1.32 bits per heavy atom. The third kappa shape index (κ3) is 3.13. The fraction of sp³-hybridized carbons (Fsp3) is 0.263. The van der Waals surface area contributed by atoms with Gasteiger partial charge in [0, 0.05) is 36.4 Å². The molecule has 3 heterocycles. The number of benzene rings is 1. The molecule has 6 heteroatoms. The van der Waals surface area contributed by atoms with E-state index in [0.29, 0.717) is 41.5 Å². The molecule has 1 unspecified atom stereocenters. The Kier molecular flexibility index (Phi) is 4.19. The number of hydrogen-bond acceptors (Lipinski definition) is 4. The molecule has 0 spiro atoms. The van der Waals surface area contributed by atoms with Crippen LogP contribution in [-0.2, 0) is 0 Å². The highest BCUT2D eigenvalue weighted by Crippen LogP contribution is 2.26. The lowest BCUT2D eigenvalue weighted by Crippen LogP contribution is -2.48. The molecule has 0 aliphatic carbocycles. The Balaban J connectivity index is 1.57. The van der Waals surface area contributed by atoms with E-state index in [4.69, 9.17) is 16.0 Å². The van der Waals surface area contributed by atoms with Crippen LogP contribution in [0.25, 0.3) is 11.1 Å². The van der Waals surface area contributed by atoms with Gasteiger partial charge < -0.3 is 14.6 Å². The minimum Gasteiger partial charge on any atom is -0.449 e. The van der Waals surface area contributed by atoms with Gasteiger partial charge in [-0.05, 0) is 30.7 Å². The molecule has 0 radical (unpaired) electrons. The average Bonchev–Trinajstić information content (AvgIpc) is 3.04. The van der Waals surface area contributed by atoms with Crippen LogP contribution in [0.3, 0.4) is 0 Å². The fourth-order valence-corrected chi connectivity index (χ4v) is 3.45. The second kappa shape index (κ2) is 6.50. The number of aromatic nitrogens is 1. The van der Waals surface area contributed by atoms with Crippen molar-refractivity contribution in [3.8, 4) is 0 Å². The summed E-state index contributed by atoms with van der Waals surface area (Å²) in [4.78, 5) is 19.1. The predicted octanol–water partition coefficient (Wildman–Crippen LogP) is 3.58. The largest absolute Gasteiger partial charge is 0.449 e. The Morgan fingerprint density at radius 3 is 3.00 bits per heavy atom. The maximum absolute atomic E-state index is 12.9. The quantitative estimate of drug-likeness (QED) is 0.763. The second-order valence-corrected chi connectivity index (χ2v) is 6.63. The van der Waals surface area contributed by atoms with Gasteiger partial charge in [-0.25, -0.2) is 4.98 Å². The SMILES string of the molecule is Cc1ccc2oc(C(=O)N3CCNC(c4ccccc4Cl)C3)cc2n1. The maximum Gasteiger partial charge on any atom is 0.289 e. The van der Waals surface area contributed by atoms with Gasteiger partial charge in [0.25, 0.3) is 5.91 Å². The monoisotopic (exact) mass is 355 g/mol. The molecule has 1 N–H and O–H groups in total. The van der Waals surface area contributed by atoms with E-state index in [9.17, 15) is 4.79 Å². The molecule has 1 fully saturated rings. The number of nitrogens with one attached hydrogen (secondary N) is 1. The normalized spacial score (nSPS) is 17.8. The van der Waals surface area contributed by atoms with Crippen molar-refractivity contribution in [2.75, 3.05) is 19.6 Å². The lowest BCUT2D eigenvalue weighted by molar-refractivity contribution is 0.0673. The number of hydrogen-bond donors (Lipinski definition) is 1. The van der Waals surface area contributed by atoms with Gasteiger partial charge in [0.05, 0.1) is 6.04 Å². The van der Waals surface area contributed by atoms with Gasteiger partial charge in [0.1, 0.15) is 5.52 Å². The van der Waals surface area contributed by atoms with E-state index in [1.807, 2.05) is 43.3 Å². The lowest BCUT2D eigenvalue weighted by atomic mass is 10.0. The van der Waals surface area contributed by atoms with E-state index >= 15 is 0 Å². The molecular formula is C19H18ClN3O2. The van der Waals surface area contributed by atoms with Crippen molar-refractivity contribution < 1.29 is 9.21 Å². The number of carbonyl (C=O) groups is 1. The van der Waals surface area contributed by atoms with E-state index in [2.05, 4.69) is 10.3 Å². The topological polar surface area (TPSA) is 58.4 Å². The highest BCUT2D eigenvalue weighted by molar-refractivity contribution is 6.31. The first kappa shape index (κ1) is 16.1. The number of rotatable bonds is 2.